The quantitative estimate of drug-likeness (QED) is 0.581. The van der Waals surface area contributed by atoms with Gasteiger partial charge in [-0.25, -0.2) is 4.98 Å². The van der Waals surface area contributed by atoms with Crippen LogP contribution >= 0.6 is 11.8 Å². The lowest BCUT2D eigenvalue weighted by molar-refractivity contribution is -0.113. The van der Waals surface area contributed by atoms with Gasteiger partial charge in [-0.1, -0.05) is 48.2 Å². The number of rotatable bonds is 7. The van der Waals surface area contributed by atoms with E-state index in [9.17, 15) is 4.79 Å². The molecule has 0 aliphatic heterocycles. The lowest BCUT2D eigenvalue weighted by Crippen LogP contribution is -2.15. The Bertz CT molecular complexity index is 944. The fraction of sp³-hybridized carbons (Fsp3) is 0.286. The van der Waals surface area contributed by atoms with Crippen molar-refractivity contribution in [2.24, 2.45) is 0 Å². The second-order valence-corrected chi connectivity index (χ2v) is 7.62. The summed E-state index contributed by atoms with van der Waals surface area (Å²) in [5.74, 6) is 1.64. The average Bonchev–Trinajstić information content (AvgIpc) is 3.11. The first-order valence-electron chi connectivity index (χ1n) is 9.03. The minimum atomic E-state index is -0.0828. The van der Waals surface area contributed by atoms with Crippen LogP contribution in [0.5, 0.6) is 5.75 Å². The summed E-state index contributed by atoms with van der Waals surface area (Å²) in [4.78, 5) is 16.7. The van der Waals surface area contributed by atoms with E-state index >= 15 is 0 Å². The van der Waals surface area contributed by atoms with E-state index in [0.29, 0.717) is 17.6 Å². The van der Waals surface area contributed by atoms with E-state index in [2.05, 4.69) is 20.5 Å². The van der Waals surface area contributed by atoms with Gasteiger partial charge in [0.05, 0.1) is 5.75 Å². The van der Waals surface area contributed by atoms with E-state index in [4.69, 9.17) is 4.74 Å². The Hall–Kier alpha value is -2.80. The standard InChI is InChI=1S/C21H24N4O2S/c1-13-7-5-8-14(2)19(13)23-18(26)12-28-21-22-17(24-25-21)11-27-20-15(3)9-6-10-16(20)4/h5-10H,11-12H2,1-4H3,(H,23,26)(H,22,24,25). The Labute approximate surface area is 169 Å². The Morgan fingerprint density at radius 3 is 2.29 bits per heavy atom. The van der Waals surface area contributed by atoms with Gasteiger partial charge in [-0.2, -0.15) is 0 Å². The number of benzene rings is 2. The van der Waals surface area contributed by atoms with Gasteiger partial charge in [0.2, 0.25) is 11.1 Å². The molecule has 3 aromatic rings. The maximum Gasteiger partial charge on any atom is 0.234 e. The summed E-state index contributed by atoms with van der Waals surface area (Å²) in [5, 5.41) is 10.5. The number of carbonyl (C=O) groups excluding carboxylic acids is 1. The van der Waals surface area contributed by atoms with Crippen molar-refractivity contribution >= 4 is 23.4 Å². The zero-order valence-electron chi connectivity index (χ0n) is 16.5. The third-order valence-corrected chi connectivity index (χ3v) is 5.20. The highest BCUT2D eigenvalue weighted by Gasteiger charge is 2.11. The first-order chi connectivity index (χ1) is 13.4. The predicted molar refractivity (Wildman–Crippen MR) is 112 cm³/mol. The number of aromatic nitrogens is 3. The van der Waals surface area contributed by atoms with Crippen molar-refractivity contribution in [1.29, 1.82) is 0 Å². The smallest absolute Gasteiger partial charge is 0.234 e. The Morgan fingerprint density at radius 1 is 1.04 bits per heavy atom. The molecule has 28 heavy (non-hydrogen) atoms. The molecule has 7 heteroatoms. The maximum absolute atomic E-state index is 12.3. The highest BCUT2D eigenvalue weighted by Crippen LogP contribution is 2.23. The first-order valence-corrected chi connectivity index (χ1v) is 10.0. The molecule has 0 aliphatic rings. The number of ether oxygens (including phenoxy) is 1. The van der Waals surface area contributed by atoms with Crippen LogP contribution in [-0.4, -0.2) is 26.8 Å². The van der Waals surface area contributed by atoms with E-state index in [1.807, 2.05) is 64.1 Å². The molecule has 1 aromatic heterocycles. The van der Waals surface area contributed by atoms with Gasteiger partial charge < -0.3 is 10.1 Å². The molecular weight excluding hydrogens is 372 g/mol. The van der Waals surface area contributed by atoms with Gasteiger partial charge >= 0.3 is 0 Å². The van der Waals surface area contributed by atoms with E-state index < -0.39 is 0 Å². The molecule has 0 spiro atoms. The Balaban J connectivity index is 1.53. The Morgan fingerprint density at radius 2 is 1.64 bits per heavy atom. The summed E-state index contributed by atoms with van der Waals surface area (Å²) in [6, 6.07) is 12.0. The molecule has 1 amide bonds. The zero-order chi connectivity index (χ0) is 20.1. The van der Waals surface area contributed by atoms with Gasteiger partial charge in [-0.3, -0.25) is 9.89 Å². The number of thioether (sulfide) groups is 1. The molecule has 6 nitrogen and oxygen atoms in total. The normalized spacial score (nSPS) is 10.7. The predicted octanol–water partition coefficient (Wildman–Crippen LogP) is 4.35. The van der Waals surface area contributed by atoms with Crippen molar-refractivity contribution in [3.05, 3.63) is 64.5 Å². The van der Waals surface area contributed by atoms with Crippen molar-refractivity contribution in [1.82, 2.24) is 15.2 Å². The molecule has 0 aliphatic carbocycles. The second-order valence-electron chi connectivity index (χ2n) is 6.68. The Kier molecular flexibility index (Phi) is 6.36. The van der Waals surface area contributed by atoms with E-state index in [1.54, 1.807) is 0 Å². The fourth-order valence-electron chi connectivity index (χ4n) is 2.89. The van der Waals surface area contributed by atoms with E-state index in [-0.39, 0.29) is 11.7 Å². The number of hydrogen-bond acceptors (Lipinski definition) is 5. The van der Waals surface area contributed by atoms with Gasteiger partial charge in [0.25, 0.3) is 0 Å². The van der Waals surface area contributed by atoms with Crippen LogP contribution in [0.1, 0.15) is 28.1 Å². The SMILES string of the molecule is Cc1cccc(C)c1NC(=O)CSc1n[nH]c(COc2c(C)cccc2C)n1. The number of carbonyl (C=O) groups is 1. The first kappa shape index (κ1) is 19.9. The lowest BCUT2D eigenvalue weighted by Gasteiger charge is -2.10. The van der Waals surface area contributed by atoms with Crippen LogP contribution in [0.4, 0.5) is 5.69 Å². The van der Waals surface area contributed by atoms with Gasteiger partial charge in [-0.15, -0.1) is 5.10 Å². The highest BCUT2D eigenvalue weighted by atomic mass is 32.2. The zero-order valence-corrected chi connectivity index (χ0v) is 17.3. The number of amides is 1. The fourth-order valence-corrected chi connectivity index (χ4v) is 3.51. The van der Waals surface area contributed by atoms with Crippen molar-refractivity contribution in [2.45, 2.75) is 39.5 Å². The molecule has 0 atom stereocenters. The molecule has 2 N–H and O–H groups in total. The van der Waals surface area contributed by atoms with Crippen LogP contribution in [0.25, 0.3) is 0 Å². The van der Waals surface area contributed by atoms with E-state index in [1.165, 1.54) is 11.8 Å². The van der Waals surface area contributed by atoms with Gasteiger partial charge in [0.1, 0.15) is 12.4 Å². The van der Waals surface area contributed by atoms with E-state index in [0.717, 1.165) is 33.7 Å². The summed E-state index contributed by atoms with van der Waals surface area (Å²) in [6.07, 6.45) is 0. The summed E-state index contributed by atoms with van der Waals surface area (Å²) in [5.41, 5.74) is 5.12. The number of hydrogen-bond donors (Lipinski definition) is 2. The van der Waals surface area contributed by atoms with Crippen molar-refractivity contribution in [3.8, 4) is 5.75 Å². The van der Waals surface area contributed by atoms with Crippen molar-refractivity contribution in [2.75, 3.05) is 11.1 Å². The van der Waals surface area contributed by atoms with Crippen LogP contribution in [0.2, 0.25) is 0 Å². The number of aryl methyl sites for hydroxylation is 4. The molecule has 2 aromatic carbocycles. The molecule has 0 saturated heterocycles. The van der Waals surface area contributed by atoms with Crippen molar-refractivity contribution in [3.63, 3.8) is 0 Å². The average molecular weight is 397 g/mol. The maximum atomic E-state index is 12.3. The third kappa shape index (κ3) is 4.92. The largest absolute Gasteiger partial charge is 0.485 e. The summed E-state index contributed by atoms with van der Waals surface area (Å²) in [7, 11) is 0. The summed E-state index contributed by atoms with van der Waals surface area (Å²) < 4.78 is 5.88. The molecule has 0 saturated carbocycles. The molecule has 0 bridgehead atoms. The molecule has 0 radical (unpaired) electrons. The minimum absolute atomic E-state index is 0.0828. The van der Waals surface area contributed by atoms with Crippen molar-refractivity contribution < 1.29 is 9.53 Å². The van der Waals surface area contributed by atoms with Crippen LogP contribution in [0.3, 0.4) is 0 Å². The molecule has 0 fully saturated rings. The van der Waals surface area contributed by atoms with Crippen LogP contribution in [0.15, 0.2) is 41.6 Å². The highest BCUT2D eigenvalue weighted by molar-refractivity contribution is 7.99. The monoisotopic (exact) mass is 396 g/mol. The topological polar surface area (TPSA) is 79.9 Å². The third-order valence-electron chi connectivity index (χ3n) is 4.35. The lowest BCUT2D eigenvalue weighted by atomic mass is 10.1. The second kappa shape index (κ2) is 8.93. The number of H-pyrrole nitrogens is 1. The summed E-state index contributed by atoms with van der Waals surface area (Å²) >= 11 is 1.29. The number of nitrogens with zero attached hydrogens (tertiary/aromatic N) is 2. The number of nitrogens with one attached hydrogen (secondary N) is 2. The van der Waals surface area contributed by atoms with Crippen LogP contribution in [0, 0.1) is 27.7 Å². The molecule has 1 heterocycles. The minimum Gasteiger partial charge on any atom is -0.485 e. The van der Waals surface area contributed by atoms with Gasteiger partial charge in [0.15, 0.2) is 5.82 Å². The number of para-hydroxylation sites is 2. The van der Waals surface area contributed by atoms with Crippen LogP contribution < -0.4 is 10.1 Å². The molecule has 146 valence electrons. The molecular formula is C21H24N4O2S. The van der Waals surface area contributed by atoms with Gasteiger partial charge in [-0.05, 0) is 49.9 Å². The molecule has 3 rings (SSSR count). The number of aromatic amines is 1. The molecule has 0 unspecified atom stereocenters. The van der Waals surface area contributed by atoms with Crippen LogP contribution in [-0.2, 0) is 11.4 Å². The van der Waals surface area contributed by atoms with Gasteiger partial charge in [0, 0.05) is 5.69 Å². The summed E-state index contributed by atoms with van der Waals surface area (Å²) in [6.45, 7) is 8.28. The number of anilines is 1.